The summed E-state index contributed by atoms with van der Waals surface area (Å²) < 4.78 is 0. The molecule has 1 aliphatic heterocycles. The molecule has 1 aromatic rings. The number of hydrogen-bond acceptors (Lipinski definition) is 3. The fourth-order valence-corrected chi connectivity index (χ4v) is 2.18. The molecule has 1 saturated heterocycles. The van der Waals surface area contributed by atoms with Crippen LogP contribution in [0.25, 0.3) is 0 Å². The highest BCUT2D eigenvalue weighted by Gasteiger charge is 2.25. The standard InChI is InChI=1S/C13H16ClN3O2/c1-9-4-7-17(8-5-9)13(19)12(18)16-10-3-2-6-15-11(10)14/h2-3,6,9H,4-5,7-8H2,1H3,(H,16,18). The number of nitrogens with one attached hydrogen (secondary N) is 1. The number of carbonyl (C=O) groups is 2. The normalized spacial score (nSPS) is 16.2. The second-order valence-corrected chi connectivity index (χ2v) is 5.13. The molecule has 0 spiro atoms. The van der Waals surface area contributed by atoms with Crippen LogP contribution in [0.2, 0.25) is 5.15 Å². The number of pyridine rings is 1. The number of piperidine rings is 1. The monoisotopic (exact) mass is 281 g/mol. The van der Waals surface area contributed by atoms with E-state index in [1.807, 2.05) is 0 Å². The Morgan fingerprint density at radius 3 is 2.74 bits per heavy atom. The Labute approximate surface area is 117 Å². The first kappa shape index (κ1) is 13.8. The van der Waals surface area contributed by atoms with E-state index in [0.29, 0.717) is 24.7 Å². The molecule has 1 aromatic heterocycles. The first-order valence-corrected chi connectivity index (χ1v) is 6.66. The minimum Gasteiger partial charge on any atom is -0.334 e. The van der Waals surface area contributed by atoms with Crippen LogP contribution in [0.1, 0.15) is 19.8 Å². The predicted molar refractivity (Wildman–Crippen MR) is 72.9 cm³/mol. The number of hydrogen-bond donors (Lipinski definition) is 1. The third-order valence-electron chi connectivity index (χ3n) is 3.27. The lowest BCUT2D eigenvalue weighted by molar-refractivity contribution is -0.144. The molecule has 1 fully saturated rings. The Morgan fingerprint density at radius 2 is 2.11 bits per heavy atom. The van der Waals surface area contributed by atoms with E-state index in [1.165, 1.54) is 6.20 Å². The largest absolute Gasteiger partial charge is 0.334 e. The zero-order valence-electron chi connectivity index (χ0n) is 10.7. The predicted octanol–water partition coefficient (Wildman–Crippen LogP) is 1.93. The van der Waals surface area contributed by atoms with Gasteiger partial charge in [-0.15, -0.1) is 0 Å². The van der Waals surface area contributed by atoms with E-state index in [0.717, 1.165) is 12.8 Å². The molecular formula is C13H16ClN3O2. The summed E-state index contributed by atoms with van der Waals surface area (Å²) in [5.74, 6) is -0.559. The molecule has 102 valence electrons. The molecule has 0 aliphatic carbocycles. The highest BCUT2D eigenvalue weighted by atomic mass is 35.5. The van der Waals surface area contributed by atoms with Crippen LogP contribution in [0.3, 0.4) is 0 Å². The number of rotatable bonds is 1. The summed E-state index contributed by atoms with van der Waals surface area (Å²) in [5.41, 5.74) is 0.355. The number of likely N-dealkylation sites (tertiary alicyclic amines) is 1. The zero-order valence-corrected chi connectivity index (χ0v) is 11.5. The van der Waals surface area contributed by atoms with Crippen LogP contribution in [0.15, 0.2) is 18.3 Å². The molecule has 2 rings (SSSR count). The molecule has 1 aliphatic rings. The van der Waals surface area contributed by atoms with Gasteiger partial charge in [0.1, 0.15) is 0 Å². The molecule has 0 radical (unpaired) electrons. The first-order valence-electron chi connectivity index (χ1n) is 6.28. The van der Waals surface area contributed by atoms with E-state index in [-0.39, 0.29) is 5.15 Å². The molecule has 2 amide bonds. The number of nitrogens with zero attached hydrogens (tertiary/aromatic N) is 2. The van der Waals surface area contributed by atoms with Crippen molar-refractivity contribution >= 4 is 29.1 Å². The van der Waals surface area contributed by atoms with Crippen molar-refractivity contribution in [2.45, 2.75) is 19.8 Å². The third kappa shape index (κ3) is 3.44. The van der Waals surface area contributed by atoms with Gasteiger partial charge in [-0.3, -0.25) is 9.59 Å². The summed E-state index contributed by atoms with van der Waals surface area (Å²) in [7, 11) is 0. The van der Waals surface area contributed by atoms with E-state index in [9.17, 15) is 9.59 Å². The maximum atomic E-state index is 12.0. The minimum atomic E-state index is -0.663. The zero-order chi connectivity index (χ0) is 13.8. The van der Waals surface area contributed by atoms with E-state index in [4.69, 9.17) is 11.6 Å². The van der Waals surface area contributed by atoms with Crippen molar-refractivity contribution in [1.82, 2.24) is 9.88 Å². The van der Waals surface area contributed by atoms with Crippen LogP contribution in [0.5, 0.6) is 0 Å². The molecule has 0 atom stereocenters. The van der Waals surface area contributed by atoms with E-state index in [2.05, 4.69) is 17.2 Å². The van der Waals surface area contributed by atoms with Gasteiger partial charge in [0, 0.05) is 19.3 Å². The van der Waals surface area contributed by atoms with Crippen molar-refractivity contribution in [2.24, 2.45) is 5.92 Å². The summed E-state index contributed by atoms with van der Waals surface area (Å²) in [6, 6.07) is 3.26. The van der Waals surface area contributed by atoms with Crippen molar-refractivity contribution in [3.05, 3.63) is 23.5 Å². The Hall–Kier alpha value is -1.62. The summed E-state index contributed by atoms with van der Waals surface area (Å²) >= 11 is 5.83. The van der Waals surface area contributed by atoms with Gasteiger partial charge in [-0.1, -0.05) is 18.5 Å². The molecule has 0 unspecified atom stereocenters. The van der Waals surface area contributed by atoms with Crippen LogP contribution >= 0.6 is 11.6 Å². The maximum Gasteiger partial charge on any atom is 0.313 e. The summed E-state index contributed by atoms with van der Waals surface area (Å²) in [4.78, 5) is 29.3. The van der Waals surface area contributed by atoms with Crippen molar-refractivity contribution < 1.29 is 9.59 Å². The fourth-order valence-electron chi connectivity index (χ4n) is 2.01. The molecule has 19 heavy (non-hydrogen) atoms. The second kappa shape index (κ2) is 6.02. The van der Waals surface area contributed by atoms with E-state index < -0.39 is 11.8 Å². The summed E-state index contributed by atoms with van der Waals surface area (Å²) in [5, 5.41) is 2.67. The molecule has 1 N–H and O–H groups in total. The second-order valence-electron chi connectivity index (χ2n) is 4.77. The van der Waals surface area contributed by atoms with E-state index in [1.54, 1.807) is 17.0 Å². The van der Waals surface area contributed by atoms with Gasteiger partial charge >= 0.3 is 11.8 Å². The van der Waals surface area contributed by atoms with Gasteiger partial charge < -0.3 is 10.2 Å². The van der Waals surface area contributed by atoms with Crippen LogP contribution in [0.4, 0.5) is 5.69 Å². The van der Waals surface area contributed by atoms with Gasteiger partial charge in [0.2, 0.25) is 0 Å². The number of amides is 2. The number of aromatic nitrogens is 1. The Morgan fingerprint density at radius 1 is 1.42 bits per heavy atom. The van der Waals surface area contributed by atoms with Crippen LogP contribution in [0, 0.1) is 5.92 Å². The average Bonchev–Trinajstić information content (AvgIpc) is 2.41. The van der Waals surface area contributed by atoms with Gasteiger partial charge in [0.25, 0.3) is 0 Å². The van der Waals surface area contributed by atoms with Crippen molar-refractivity contribution in [2.75, 3.05) is 18.4 Å². The van der Waals surface area contributed by atoms with Gasteiger partial charge in [-0.2, -0.15) is 0 Å². The van der Waals surface area contributed by atoms with Gasteiger partial charge in [-0.05, 0) is 30.9 Å². The molecule has 6 heteroatoms. The fraction of sp³-hybridized carbons (Fsp3) is 0.462. The number of carbonyl (C=O) groups excluding carboxylic acids is 2. The van der Waals surface area contributed by atoms with Crippen LogP contribution in [-0.2, 0) is 9.59 Å². The first-order chi connectivity index (χ1) is 9.08. The third-order valence-corrected chi connectivity index (χ3v) is 3.57. The molecule has 0 bridgehead atoms. The van der Waals surface area contributed by atoms with Crippen molar-refractivity contribution in [3.8, 4) is 0 Å². The van der Waals surface area contributed by atoms with Crippen molar-refractivity contribution in [3.63, 3.8) is 0 Å². The topological polar surface area (TPSA) is 62.3 Å². The molecule has 5 nitrogen and oxygen atoms in total. The average molecular weight is 282 g/mol. The Bertz CT molecular complexity index is 485. The van der Waals surface area contributed by atoms with Crippen LogP contribution < -0.4 is 5.32 Å². The lowest BCUT2D eigenvalue weighted by Gasteiger charge is -2.29. The van der Waals surface area contributed by atoms with Crippen LogP contribution in [-0.4, -0.2) is 34.8 Å². The number of halogens is 1. The number of anilines is 1. The maximum absolute atomic E-state index is 12.0. The van der Waals surface area contributed by atoms with Gasteiger partial charge in [0.05, 0.1) is 5.69 Å². The van der Waals surface area contributed by atoms with Gasteiger partial charge in [-0.25, -0.2) is 4.98 Å². The van der Waals surface area contributed by atoms with Gasteiger partial charge in [0.15, 0.2) is 5.15 Å². The molecule has 0 aromatic carbocycles. The Kier molecular flexibility index (Phi) is 4.37. The molecule has 0 saturated carbocycles. The highest BCUT2D eigenvalue weighted by molar-refractivity contribution is 6.41. The molecular weight excluding hydrogens is 266 g/mol. The smallest absolute Gasteiger partial charge is 0.313 e. The SMILES string of the molecule is CC1CCN(C(=O)C(=O)Nc2cccnc2Cl)CC1. The lowest BCUT2D eigenvalue weighted by atomic mass is 9.99. The Balaban J connectivity index is 1.96. The highest BCUT2D eigenvalue weighted by Crippen LogP contribution is 2.19. The summed E-state index contributed by atoms with van der Waals surface area (Å²) in [6.07, 6.45) is 3.39. The van der Waals surface area contributed by atoms with E-state index >= 15 is 0 Å². The summed E-state index contributed by atoms with van der Waals surface area (Å²) in [6.45, 7) is 3.42. The van der Waals surface area contributed by atoms with Crippen molar-refractivity contribution in [1.29, 1.82) is 0 Å². The lowest BCUT2D eigenvalue weighted by Crippen LogP contribution is -2.43. The molecule has 2 heterocycles. The quantitative estimate of drug-likeness (QED) is 0.632. The minimum absolute atomic E-state index is 0.177.